The lowest BCUT2D eigenvalue weighted by Gasteiger charge is -2.08. The van der Waals surface area contributed by atoms with Crippen molar-refractivity contribution in [2.24, 2.45) is 5.73 Å². The van der Waals surface area contributed by atoms with E-state index in [0.29, 0.717) is 12.4 Å². The van der Waals surface area contributed by atoms with Gasteiger partial charge in [-0.3, -0.25) is 9.59 Å². The molecule has 0 bridgehead atoms. The lowest BCUT2D eigenvalue weighted by atomic mass is 9.98. The van der Waals surface area contributed by atoms with Crippen LogP contribution in [0.3, 0.4) is 0 Å². The third-order valence-corrected chi connectivity index (χ3v) is 4.12. The van der Waals surface area contributed by atoms with Gasteiger partial charge in [0.1, 0.15) is 11.8 Å². The number of methoxy groups -OCH3 is 1. The Morgan fingerprint density at radius 1 is 1.19 bits per heavy atom. The zero-order valence-electron chi connectivity index (χ0n) is 15.1. The van der Waals surface area contributed by atoms with Crippen molar-refractivity contribution in [1.82, 2.24) is 0 Å². The summed E-state index contributed by atoms with van der Waals surface area (Å²) in [5, 5.41) is 11.0. The van der Waals surface area contributed by atoms with Gasteiger partial charge in [0.15, 0.2) is 0 Å². The Bertz CT molecular complexity index is 750. The first-order valence-electron chi connectivity index (χ1n) is 8.17. The van der Waals surface area contributed by atoms with Crippen LogP contribution in [-0.4, -0.2) is 42.6 Å². The third-order valence-electron chi connectivity index (χ3n) is 3.73. The van der Waals surface area contributed by atoms with E-state index in [9.17, 15) is 9.59 Å². The summed E-state index contributed by atoms with van der Waals surface area (Å²) in [7, 11) is 1.63. The van der Waals surface area contributed by atoms with Crippen molar-refractivity contribution < 1.29 is 24.2 Å². The quantitative estimate of drug-likeness (QED) is 0.527. The summed E-state index contributed by atoms with van der Waals surface area (Å²) in [6, 6.07) is 10.9. The molecule has 0 aliphatic heterocycles. The number of rotatable bonds is 6. The molecule has 0 aliphatic carbocycles. The summed E-state index contributed by atoms with van der Waals surface area (Å²) in [6.07, 6.45) is 0. The summed E-state index contributed by atoms with van der Waals surface area (Å²) in [4.78, 5) is 21.5. The summed E-state index contributed by atoms with van der Waals surface area (Å²) in [5.41, 5.74) is 6.07. The van der Waals surface area contributed by atoms with Crippen molar-refractivity contribution in [3.8, 4) is 5.75 Å². The predicted octanol–water partition coefficient (Wildman–Crippen LogP) is 2.84. The van der Waals surface area contributed by atoms with Gasteiger partial charge in [-0.2, -0.15) is 12.6 Å². The highest BCUT2D eigenvalue weighted by atomic mass is 32.1. The maximum absolute atomic E-state index is 10.9. The van der Waals surface area contributed by atoms with Gasteiger partial charge < -0.3 is 20.3 Å². The molecule has 2 aromatic rings. The second-order valence-electron chi connectivity index (χ2n) is 5.57. The van der Waals surface area contributed by atoms with Crippen LogP contribution >= 0.6 is 12.6 Å². The predicted molar refractivity (Wildman–Crippen MR) is 105 cm³/mol. The largest absolute Gasteiger partial charge is 0.497 e. The molecule has 0 aliphatic rings. The fourth-order valence-electron chi connectivity index (χ4n) is 2.11. The molecule has 3 N–H and O–H groups in total. The average molecular weight is 379 g/mol. The number of carboxylic acids is 1. The monoisotopic (exact) mass is 379 g/mol. The van der Waals surface area contributed by atoms with Crippen LogP contribution in [-0.2, 0) is 14.3 Å². The van der Waals surface area contributed by atoms with Gasteiger partial charge in [0.05, 0.1) is 19.6 Å². The molecular formula is C19H25NO5S. The van der Waals surface area contributed by atoms with Gasteiger partial charge in [0, 0.05) is 5.75 Å². The van der Waals surface area contributed by atoms with Crippen molar-refractivity contribution >= 4 is 35.3 Å². The Hall–Kier alpha value is -2.25. The Balaban J connectivity index is 0.000000321. The summed E-state index contributed by atoms with van der Waals surface area (Å²) >= 11 is 3.82. The summed E-state index contributed by atoms with van der Waals surface area (Å²) in [5.74, 6) is -0.540. The van der Waals surface area contributed by atoms with E-state index in [2.05, 4.69) is 17.4 Å². The first-order valence-corrected chi connectivity index (χ1v) is 8.80. The van der Waals surface area contributed by atoms with E-state index in [1.54, 1.807) is 21.0 Å². The molecule has 26 heavy (non-hydrogen) atoms. The molecule has 0 aromatic heterocycles. The number of thiol groups is 1. The van der Waals surface area contributed by atoms with E-state index in [0.717, 1.165) is 22.1 Å². The Morgan fingerprint density at radius 2 is 1.81 bits per heavy atom. The molecule has 7 heteroatoms. The van der Waals surface area contributed by atoms with E-state index in [4.69, 9.17) is 15.6 Å². The molecule has 0 fully saturated rings. The Morgan fingerprint density at radius 3 is 2.35 bits per heavy atom. The Kier molecular flexibility index (Phi) is 8.95. The van der Waals surface area contributed by atoms with E-state index in [-0.39, 0.29) is 5.97 Å². The fraction of sp³-hybridized carbons (Fsp3) is 0.368. The lowest BCUT2D eigenvalue weighted by Crippen LogP contribution is -2.33. The zero-order chi connectivity index (χ0) is 19.7. The number of benzene rings is 2. The lowest BCUT2D eigenvalue weighted by molar-refractivity contribution is -0.144. The summed E-state index contributed by atoms with van der Waals surface area (Å²) in [6.45, 7) is 3.80. The molecule has 1 unspecified atom stereocenters. The molecule has 2 rings (SSSR count). The highest BCUT2D eigenvalue weighted by Crippen LogP contribution is 2.25. The van der Waals surface area contributed by atoms with Crippen molar-refractivity contribution in [2.45, 2.75) is 25.8 Å². The molecular weight excluding hydrogens is 354 g/mol. The molecule has 0 saturated carbocycles. The van der Waals surface area contributed by atoms with E-state index in [1.807, 2.05) is 36.4 Å². The highest BCUT2D eigenvalue weighted by Gasteiger charge is 2.13. The molecule has 2 aromatic carbocycles. The van der Waals surface area contributed by atoms with Crippen LogP contribution in [0.25, 0.3) is 10.8 Å². The number of carboxylic acid groups (broad SMARTS) is 1. The third kappa shape index (κ3) is 6.24. The molecule has 0 heterocycles. The molecule has 142 valence electrons. The van der Waals surface area contributed by atoms with Crippen molar-refractivity contribution in [3.63, 3.8) is 0 Å². The van der Waals surface area contributed by atoms with E-state index >= 15 is 0 Å². The van der Waals surface area contributed by atoms with Crippen LogP contribution < -0.4 is 10.5 Å². The second kappa shape index (κ2) is 10.7. The zero-order valence-corrected chi connectivity index (χ0v) is 16.0. The minimum absolute atomic E-state index is 0.332. The van der Waals surface area contributed by atoms with Crippen LogP contribution in [0.5, 0.6) is 5.75 Å². The van der Waals surface area contributed by atoms with Crippen molar-refractivity contribution in [1.29, 1.82) is 0 Å². The topological polar surface area (TPSA) is 98.9 Å². The van der Waals surface area contributed by atoms with Crippen LogP contribution in [0, 0.1) is 0 Å². The first-order chi connectivity index (χ1) is 12.3. The van der Waals surface area contributed by atoms with Crippen LogP contribution in [0.4, 0.5) is 0 Å². The molecule has 0 saturated heterocycles. The number of aliphatic carboxylic acids is 1. The smallest absolute Gasteiger partial charge is 0.323 e. The highest BCUT2D eigenvalue weighted by molar-refractivity contribution is 7.80. The normalized spacial score (nSPS) is 12.5. The van der Waals surface area contributed by atoms with Crippen LogP contribution in [0.15, 0.2) is 36.4 Å². The van der Waals surface area contributed by atoms with E-state index in [1.165, 1.54) is 0 Å². The molecule has 0 radical (unpaired) electrons. The molecule has 2 atom stereocenters. The van der Waals surface area contributed by atoms with Gasteiger partial charge in [-0.15, -0.1) is 0 Å². The fourth-order valence-corrected chi connectivity index (χ4v) is 2.25. The SMILES string of the molecule is CCOC(=O)[C@@H](N)CS.COc1ccc2cc(C(C)C(=O)O)ccc2c1. The first kappa shape index (κ1) is 21.8. The van der Waals surface area contributed by atoms with Crippen molar-refractivity contribution in [3.05, 3.63) is 42.0 Å². The minimum atomic E-state index is -0.808. The number of hydrogen-bond acceptors (Lipinski definition) is 6. The average Bonchev–Trinajstić information content (AvgIpc) is 2.66. The molecule has 0 spiro atoms. The van der Waals surface area contributed by atoms with Gasteiger partial charge in [-0.25, -0.2) is 0 Å². The number of esters is 1. The van der Waals surface area contributed by atoms with E-state index < -0.39 is 17.9 Å². The maximum atomic E-state index is 10.9. The van der Waals surface area contributed by atoms with Gasteiger partial charge in [0.25, 0.3) is 0 Å². The van der Waals surface area contributed by atoms with Gasteiger partial charge in [0.2, 0.25) is 0 Å². The summed E-state index contributed by atoms with van der Waals surface area (Å²) < 4.78 is 9.73. The molecule has 0 amide bonds. The number of fused-ring (bicyclic) bond motifs is 1. The van der Waals surface area contributed by atoms with Crippen LogP contribution in [0.1, 0.15) is 25.3 Å². The number of hydrogen-bond donors (Lipinski definition) is 3. The Labute approximate surface area is 158 Å². The van der Waals surface area contributed by atoms with Gasteiger partial charge >= 0.3 is 11.9 Å². The number of carbonyl (C=O) groups is 2. The maximum Gasteiger partial charge on any atom is 0.323 e. The van der Waals surface area contributed by atoms with Gasteiger partial charge in [-0.05, 0) is 42.3 Å². The van der Waals surface area contributed by atoms with Gasteiger partial charge in [-0.1, -0.05) is 24.3 Å². The second-order valence-corrected chi connectivity index (χ2v) is 5.94. The number of nitrogens with two attached hydrogens (primary N) is 1. The standard InChI is InChI=1S/C14H14O3.C5H11NO2S/c1-9(14(15)16)10-3-4-12-8-13(17-2)6-5-11(12)7-10;1-2-8-5(7)4(6)3-9/h3-9H,1-2H3,(H,15,16);4,9H,2-3,6H2,1H3/t;4-/m.0/s1. The number of carbonyl (C=O) groups excluding carboxylic acids is 1. The number of ether oxygens (including phenoxy) is 2. The minimum Gasteiger partial charge on any atom is -0.497 e. The van der Waals surface area contributed by atoms with Crippen molar-refractivity contribution in [2.75, 3.05) is 19.5 Å². The van der Waals surface area contributed by atoms with Crippen LogP contribution in [0.2, 0.25) is 0 Å². The molecule has 6 nitrogen and oxygen atoms in total.